The van der Waals surface area contributed by atoms with Crippen LogP contribution < -0.4 is 0 Å². The fourth-order valence-electron chi connectivity index (χ4n) is 2.89. The van der Waals surface area contributed by atoms with Crippen molar-refractivity contribution >= 4 is 37.6 Å². The lowest BCUT2D eigenvalue weighted by Gasteiger charge is -2.20. The molecule has 9 heteroatoms. The number of carbonyl (C=O) groups is 2. The number of amides is 1. The van der Waals surface area contributed by atoms with E-state index in [-0.39, 0.29) is 12.4 Å². The Kier molecular flexibility index (Phi) is 8.89. The third-order valence-corrected chi connectivity index (χ3v) is 6.22. The largest absolute Gasteiger partial charge is 0.443 e. The van der Waals surface area contributed by atoms with Gasteiger partial charge in [-0.15, -0.1) is 4.91 Å². The first-order valence-electron chi connectivity index (χ1n) is 10.8. The molecule has 1 amide bonds. The van der Waals surface area contributed by atoms with E-state index in [0.29, 0.717) is 24.2 Å². The highest BCUT2D eigenvalue weighted by Gasteiger charge is 2.21. The minimum Gasteiger partial charge on any atom is -0.443 e. The van der Waals surface area contributed by atoms with Crippen molar-refractivity contribution in [1.29, 1.82) is 0 Å². The molecule has 0 spiro atoms. The Balaban J connectivity index is 2.25. The van der Waals surface area contributed by atoms with E-state index in [1.165, 1.54) is 21.7 Å². The molecule has 8 nitrogen and oxygen atoms in total. The highest BCUT2D eigenvalue weighted by molar-refractivity contribution is 6.76. The van der Waals surface area contributed by atoms with E-state index in [1.54, 1.807) is 26.8 Å². The predicted molar refractivity (Wildman–Crippen MR) is 133 cm³/mol. The van der Waals surface area contributed by atoms with Gasteiger partial charge in [0, 0.05) is 26.3 Å². The number of benzene rings is 1. The summed E-state index contributed by atoms with van der Waals surface area (Å²) in [4.78, 5) is 36.8. The third kappa shape index (κ3) is 8.43. The zero-order valence-corrected chi connectivity index (χ0v) is 21.2. The van der Waals surface area contributed by atoms with Crippen LogP contribution in [0.5, 0.6) is 0 Å². The van der Waals surface area contributed by atoms with Crippen molar-refractivity contribution in [3.05, 3.63) is 58.9 Å². The van der Waals surface area contributed by atoms with E-state index < -0.39 is 19.8 Å². The number of nitroso groups, excluding NO2 is 1. The van der Waals surface area contributed by atoms with Crippen LogP contribution in [0.2, 0.25) is 25.7 Å². The lowest BCUT2D eigenvalue weighted by Crippen LogP contribution is -2.27. The summed E-state index contributed by atoms with van der Waals surface area (Å²) in [5.74, 6) is 0. The second-order valence-electron chi connectivity index (χ2n) is 9.89. The van der Waals surface area contributed by atoms with Crippen LogP contribution in [0.1, 0.15) is 26.5 Å². The molecule has 0 saturated heterocycles. The molecule has 1 aromatic carbocycles. The van der Waals surface area contributed by atoms with Crippen LogP contribution in [0.4, 0.5) is 4.79 Å². The molecular weight excluding hydrogens is 438 g/mol. The number of fused-ring (bicyclic) bond motifs is 1. The van der Waals surface area contributed by atoms with Gasteiger partial charge in [-0.25, -0.2) is 9.36 Å². The van der Waals surface area contributed by atoms with Crippen molar-refractivity contribution in [2.75, 3.05) is 13.3 Å². The summed E-state index contributed by atoms with van der Waals surface area (Å²) in [7, 11) is -1.24. The van der Waals surface area contributed by atoms with Crippen molar-refractivity contribution in [1.82, 2.24) is 9.47 Å². The fraction of sp³-hybridized carbons (Fsp3) is 0.417. The molecule has 0 fully saturated rings. The van der Waals surface area contributed by atoms with Crippen LogP contribution in [0.15, 0.2) is 53.5 Å². The number of nitrogens with zero attached hydrogens (tertiary/aromatic N) is 3. The minimum atomic E-state index is -1.24. The number of carbonyl (C=O) groups excluding carboxylic acids is 2. The minimum absolute atomic E-state index is 0.0110. The summed E-state index contributed by atoms with van der Waals surface area (Å²) in [6, 6.07) is 10.2. The van der Waals surface area contributed by atoms with Crippen LogP contribution in [0.25, 0.3) is 17.0 Å². The Morgan fingerprint density at radius 1 is 1.21 bits per heavy atom. The zero-order chi connectivity index (χ0) is 24.6. The van der Waals surface area contributed by atoms with E-state index in [9.17, 15) is 14.5 Å². The second kappa shape index (κ2) is 11.2. The number of para-hydroxylation sites is 1. The van der Waals surface area contributed by atoms with Crippen molar-refractivity contribution in [3.8, 4) is 0 Å². The Morgan fingerprint density at radius 3 is 2.52 bits per heavy atom. The number of rotatable bonds is 10. The van der Waals surface area contributed by atoms with Crippen LogP contribution >= 0.6 is 0 Å². The van der Waals surface area contributed by atoms with Crippen LogP contribution in [-0.2, 0) is 14.3 Å². The van der Waals surface area contributed by atoms with Crippen LogP contribution in [-0.4, -0.2) is 49.0 Å². The van der Waals surface area contributed by atoms with Gasteiger partial charge in [0.05, 0.1) is 11.2 Å². The quantitative estimate of drug-likeness (QED) is 0.109. The molecule has 33 heavy (non-hydrogen) atoms. The highest BCUT2D eigenvalue weighted by Crippen LogP contribution is 2.23. The van der Waals surface area contributed by atoms with E-state index in [1.807, 2.05) is 30.3 Å². The Bertz CT molecular complexity index is 1040. The van der Waals surface area contributed by atoms with Gasteiger partial charge in [0.15, 0.2) is 0 Å². The van der Waals surface area contributed by atoms with E-state index in [4.69, 9.17) is 9.47 Å². The third-order valence-electron chi connectivity index (χ3n) is 4.52. The van der Waals surface area contributed by atoms with E-state index in [2.05, 4.69) is 24.8 Å². The molecule has 0 saturated carbocycles. The van der Waals surface area contributed by atoms with E-state index in [0.717, 1.165) is 11.4 Å². The normalized spacial score (nSPS) is 12.8. The molecule has 1 heterocycles. The van der Waals surface area contributed by atoms with Crippen LogP contribution in [0, 0.1) is 4.91 Å². The van der Waals surface area contributed by atoms with Gasteiger partial charge in [-0.2, -0.15) is 0 Å². The number of ether oxygens (including phenoxy) is 2. The van der Waals surface area contributed by atoms with Gasteiger partial charge < -0.3 is 9.47 Å². The standard InChI is InChI=1S/C24H33N3O5Si/c1-24(2,3)32-23(29)27-21(15-19-9-7-8-10-22(19)27)12-11-20(25-30)16-26(17-28)18-31-13-14-33(4,5)6/h7-12,15-17H,13-14,18H2,1-6H3/b12-11+,20-16+. The van der Waals surface area contributed by atoms with Gasteiger partial charge >= 0.3 is 6.09 Å². The number of aromatic nitrogens is 1. The van der Waals surface area contributed by atoms with Gasteiger partial charge in [-0.1, -0.05) is 37.8 Å². The molecular formula is C24H33N3O5Si. The number of hydrogen-bond donors (Lipinski definition) is 0. The molecule has 0 radical (unpaired) electrons. The Morgan fingerprint density at radius 2 is 1.91 bits per heavy atom. The summed E-state index contributed by atoms with van der Waals surface area (Å²) in [6.45, 7) is 12.7. The Labute approximate surface area is 195 Å². The summed E-state index contributed by atoms with van der Waals surface area (Å²) in [6.07, 6.45) is 4.39. The maximum Gasteiger partial charge on any atom is 0.419 e. The number of hydrogen-bond acceptors (Lipinski definition) is 6. The van der Waals surface area contributed by atoms with Gasteiger partial charge in [0.2, 0.25) is 6.41 Å². The predicted octanol–water partition coefficient (Wildman–Crippen LogP) is 5.82. The average molecular weight is 472 g/mol. The second-order valence-corrected chi connectivity index (χ2v) is 15.5. The lowest BCUT2D eigenvalue weighted by molar-refractivity contribution is -0.119. The molecule has 1 aromatic heterocycles. The average Bonchev–Trinajstić information content (AvgIpc) is 3.09. The van der Waals surface area contributed by atoms with Gasteiger partial charge in [-0.3, -0.25) is 9.69 Å². The number of allylic oxidation sites excluding steroid dienone is 1. The molecule has 0 aliphatic carbocycles. The molecule has 0 aliphatic rings. The molecule has 0 unspecified atom stereocenters. The maximum atomic E-state index is 12.9. The van der Waals surface area contributed by atoms with E-state index >= 15 is 0 Å². The summed E-state index contributed by atoms with van der Waals surface area (Å²) < 4.78 is 12.5. The van der Waals surface area contributed by atoms with Crippen molar-refractivity contribution in [2.45, 2.75) is 52.1 Å². The topological polar surface area (TPSA) is 90.2 Å². The molecule has 0 atom stereocenters. The summed E-state index contributed by atoms with van der Waals surface area (Å²) in [5.41, 5.74) is 0.543. The molecule has 178 valence electrons. The first-order valence-corrected chi connectivity index (χ1v) is 14.5. The van der Waals surface area contributed by atoms with Crippen molar-refractivity contribution < 1.29 is 19.1 Å². The van der Waals surface area contributed by atoms with Crippen LogP contribution in [0.3, 0.4) is 0 Å². The van der Waals surface area contributed by atoms with Gasteiger partial charge in [0.25, 0.3) is 0 Å². The maximum absolute atomic E-state index is 12.9. The molecule has 2 rings (SSSR count). The molecule has 0 aliphatic heterocycles. The molecule has 0 N–H and O–H groups in total. The SMILES string of the molecule is CC(C)(C)OC(=O)n1c(/C=C/C(=C\N(C=O)COCC[Si](C)(C)C)N=O)cc2ccccc21. The van der Waals surface area contributed by atoms with Gasteiger partial charge in [-0.05, 0) is 56.3 Å². The highest BCUT2D eigenvalue weighted by atomic mass is 28.3. The monoisotopic (exact) mass is 471 g/mol. The summed E-state index contributed by atoms with van der Waals surface area (Å²) in [5, 5.41) is 3.84. The lowest BCUT2D eigenvalue weighted by atomic mass is 10.2. The Hall–Kier alpha value is -3.04. The fourth-order valence-corrected chi connectivity index (χ4v) is 3.65. The van der Waals surface area contributed by atoms with Crippen molar-refractivity contribution in [2.24, 2.45) is 5.18 Å². The van der Waals surface area contributed by atoms with Gasteiger partial charge in [0.1, 0.15) is 18.0 Å². The summed E-state index contributed by atoms with van der Waals surface area (Å²) >= 11 is 0. The first kappa shape index (κ1) is 26.2. The molecule has 2 aromatic rings. The molecule has 0 bridgehead atoms. The zero-order valence-electron chi connectivity index (χ0n) is 20.2. The van der Waals surface area contributed by atoms with Crippen molar-refractivity contribution in [3.63, 3.8) is 0 Å². The smallest absolute Gasteiger partial charge is 0.419 e. The first-order chi connectivity index (χ1) is 15.4.